The predicted octanol–water partition coefficient (Wildman–Crippen LogP) is 0.444. The third-order valence-electron chi connectivity index (χ3n) is 2.99. The number of anilines is 1. The summed E-state index contributed by atoms with van der Waals surface area (Å²) in [6, 6.07) is 4.75. The van der Waals surface area contributed by atoms with Crippen LogP contribution in [0.2, 0.25) is 0 Å². The van der Waals surface area contributed by atoms with Crippen molar-refractivity contribution in [1.29, 1.82) is 5.41 Å². The molecule has 20 heavy (non-hydrogen) atoms. The molecule has 4 N–H and O–H groups in total. The van der Waals surface area contributed by atoms with Crippen LogP contribution in [0.15, 0.2) is 18.2 Å². The lowest BCUT2D eigenvalue weighted by Gasteiger charge is -2.32. The molecule has 106 valence electrons. The molecule has 2 rings (SSSR count). The van der Waals surface area contributed by atoms with Gasteiger partial charge in [-0.25, -0.2) is 0 Å². The molecule has 1 aliphatic heterocycles. The van der Waals surface area contributed by atoms with Crippen molar-refractivity contribution in [3.8, 4) is 5.75 Å². The Balaban J connectivity index is 2.39. The Hall–Kier alpha value is -2.57. The molecule has 1 heterocycles. The lowest BCUT2D eigenvalue weighted by Crippen LogP contribution is -2.44. The molecule has 0 bridgehead atoms. The summed E-state index contributed by atoms with van der Waals surface area (Å²) >= 11 is 0. The van der Waals surface area contributed by atoms with E-state index in [4.69, 9.17) is 15.9 Å². The van der Waals surface area contributed by atoms with Gasteiger partial charge >= 0.3 is 0 Å². The van der Waals surface area contributed by atoms with Gasteiger partial charge in [0.1, 0.15) is 5.75 Å². The number of rotatable bonds is 2. The third-order valence-corrected chi connectivity index (χ3v) is 2.99. The van der Waals surface area contributed by atoms with Gasteiger partial charge in [-0.3, -0.25) is 20.3 Å². The van der Waals surface area contributed by atoms with Crippen LogP contribution in [0, 0.1) is 5.41 Å². The Labute approximate surface area is 116 Å². The summed E-state index contributed by atoms with van der Waals surface area (Å²) in [6.45, 7) is 4.02. The maximum Gasteiger partial charge on any atom is 0.267 e. The molecule has 0 aliphatic carbocycles. The maximum absolute atomic E-state index is 12.0. The zero-order valence-electron chi connectivity index (χ0n) is 11.3. The Morgan fingerprint density at radius 3 is 2.85 bits per heavy atom. The number of guanidine groups is 1. The van der Waals surface area contributed by atoms with Crippen molar-refractivity contribution >= 4 is 23.5 Å². The zero-order valence-corrected chi connectivity index (χ0v) is 11.3. The summed E-state index contributed by atoms with van der Waals surface area (Å²) in [5.41, 5.74) is 5.98. The largest absolute Gasteiger partial charge is 0.479 e. The lowest BCUT2D eigenvalue weighted by atomic mass is 10.1. The standard InChI is InChI=1S/C13H16N4O3/c1-3-17-9-6-8(11(18)16-13(14)15)4-5-10(9)20-7(2)12(17)19/h4-7H,3H2,1-2H3,(H4,14,15,16,18). The average molecular weight is 276 g/mol. The van der Waals surface area contributed by atoms with E-state index in [1.807, 2.05) is 6.92 Å². The lowest BCUT2D eigenvalue weighted by molar-refractivity contribution is -0.125. The number of hydrogen-bond donors (Lipinski definition) is 3. The number of carbonyl (C=O) groups excluding carboxylic acids is 2. The fourth-order valence-corrected chi connectivity index (χ4v) is 2.07. The van der Waals surface area contributed by atoms with Crippen molar-refractivity contribution in [3.05, 3.63) is 23.8 Å². The van der Waals surface area contributed by atoms with Gasteiger partial charge in [0.05, 0.1) is 5.69 Å². The van der Waals surface area contributed by atoms with Crippen LogP contribution in [0.4, 0.5) is 5.69 Å². The van der Waals surface area contributed by atoms with E-state index < -0.39 is 18.0 Å². The van der Waals surface area contributed by atoms with Crippen LogP contribution in [0.5, 0.6) is 5.75 Å². The molecule has 2 amide bonds. The molecule has 1 unspecified atom stereocenters. The van der Waals surface area contributed by atoms with Crippen LogP contribution in [-0.4, -0.2) is 30.4 Å². The van der Waals surface area contributed by atoms with E-state index in [9.17, 15) is 9.59 Å². The zero-order chi connectivity index (χ0) is 14.9. The topological polar surface area (TPSA) is 109 Å². The van der Waals surface area contributed by atoms with E-state index in [0.717, 1.165) is 0 Å². The quantitative estimate of drug-likeness (QED) is 0.538. The molecular formula is C13H16N4O3. The van der Waals surface area contributed by atoms with Crippen LogP contribution in [0.1, 0.15) is 24.2 Å². The van der Waals surface area contributed by atoms with Crippen molar-refractivity contribution in [1.82, 2.24) is 5.32 Å². The number of nitrogens with one attached hydrogen (secondary N) is 2. The van der Waals surface area contributed by atoms with E-state index in [1.54, 1.807) is 30.0 Å². The van der Waals surface area contributed by atoms with E-state index in [0.29, 0.717) is 23.5 Å². The highest BCUT2D eigenvalue weighted by molar-refractivity contribution is 6.06. The van der Waals surface area contributed by atoms with Crippen molar-refractivity contribution in [2.24, 2.45) is 5.73 Å². The van der Waals surface area contributed by atoms with Crippen molar-refractivity contribution in [2.45, 2.75) is 20.0 Å². The summed E-state index contributed by atoms with van der Waals surface area (Å²) in [6.07, 6.45) is -0.542. The molecule has 1 aromatic carbocycles. The Morgan fingerprint density at radius 1 is 1.55 bits per heavy atom. The van der Waals surface area contributed by atoms with Gasteiger partial charge in [-0.1, -0.05) is 0 Å². The molecule has 1 aliphatic rings. The van der Waals surface area contributed by atoms with Crippen molar-refractivity contribution < 1.29 is 14.3 Å². The molecule has 0 radical (unpaired) electrons. The first-order valence-electron chi connectivity index (χ1n) is 6.21. The Bertz CT molecular complexity index is 585. The highest BCUT2D eigenvalue weighted by Crippen LogP contribution is 2.34. The molecule has 0 saturated heterocycles. The summed E-state index contributed by atoms with van der Waals surface area (Å²) in [4.78, 5) is 25.4. The minimum atomic E-state index is -0.542. The van der Waals surface area contributed by atoms with Crippen LogP contribution < -0.4 is 20.7 Å². The summed E-state index contributed by atoms with van der Waals surface area (Å²) in [5.74, 6) is -0.522. The van der Waals surface area contributed by atoms with Gasteiger partial charge in [0.2, 0.25) is 0 Å². The normalized spacial score (nSPS) is 17.2. The van der Waals surface area contributed by atoms with Crippen LogP contribution in [0.3, 0.4) is 0 Å². The van der Waals surface area contributed by atoms with Gasteiger partial charge in [0.15, 0.2) is 12.1 Å². The number of amides is 2. The van der Waals surface area contributed by atoms with Gasteiger partial charge in [-0.2, -0.15) is 0 Å². The van der Waals surface area contributed by atoms with Gasteiger partial charge in [-0.05, 0) is 32.0 Å². The van der Waals surface area contributed by atoms with Crippen LogP contribution >= 0.6 is 0 Å². The van der Waals surface area contributed by atoms with Gasteiger partial charge < -0.3 is 15.4 Å². The van der Waals surface area contributed by atoms with E-state index >= 15 is 0 Å². The molecule has 0 aromatic heterocycles. The molecular weight excluding hydrogens is 260 g/mol. The van der Waals surface area contributed by atoms with E-state index in [1.165, 1.54) is 0 Å². The monoisotopic (exact) mass is 276 g/mol. The molecule has 7 heteroatoms. The first-order valence-corrected chi connectivity index (χ1v) is 6.21. The number of likely N-dealkylation sites (N-methyl/N-ethyl adjacent to an activating group) is 1. The minimum Gasteiger partial charge on any atom is -0.479 e. The molecule has 0 saturated carbocycles. The van der Waals surface area contributed by atoms with Gasteiger partial charge in [0, 0.05) is 12.1 Å². The second kappa shape index (κ2) is 5.20. The second-order valence-corrected chi connectivity index (χ2v) is 4.39. The fourth-order valence-electron chi connectivity index (χ4n) is 2.07. The molecule has 0 spiro atoms. The molecule has 0 fully saturated rings. The molecule has 7 nitrogen and oxygen atoms in total. The number of carbonyl (C=O) groups is 2. The minimum absolute atomic E-state index is 0.149. The molecule has 1 atom stereocenters. The number of ether oxygens (including phenoxy) is 1. The fraction of sp³-hybridized carbons (Fsp3) is 0.308. The summed E-state index contributed by atoms with van der Waals surface area (Å²) in [5, 5.41) is 9.25. The first-order chi connectivity index (χ1) is 9.43. The Kier molecular flexibility index (Phi) is 3.60. The van der Waals surface area contributed by atoms with Gasteiger partial charge in [-0.15, -0.1) is 0 Å². The van der Waals surface area contributed by atoms with Crippen molar-refractivity contribution in [3.63, 3.8) is 0 Å². The smallest absolute Gasteiger partial charge is 0.267 e. The van der Waals surface area contributed by atoms with Gasteiger partial charge in [0.25, 0.3) is 11.8 Å². The highest BCUT2D eigenvalue weighted by Gasteiger charge is 2.30. The van der Waals surface area contributed by atoms with Crippen LogP contribution in [-0.2, 0) is 4.79 Å². The summed E-state index contributed by atoms with van der Waals surface area (Å²) in [7, 11) is 0. The third kappa shape index (κ3) is 2.42. The number of nitrogens with zero attached hydrogens (tertiary/aromatic N) is 1. The average Bonchev–Trinajstić information content (AvgIpc) is 2.39. The van der Waals surface area contributed by atoms with E-state index in [-0.39, 0.29) is 5.91 Å². The summed E-state index contributed by atoms with van der Waals surface area (Å²) < 4.78 is 5.50. The number of nitrogens with two attached hydrogens (primary N) is 1. The highest BCUT2D eigenvalue weighted by atomic mass is 16.5. The van der Waals surface area contributed by atoms with E-state index in [2.05, 4.69) is 5.32 Å². The predicted molar refractivity (Wildman–Crippen MR) is 73.9 cm³/mol. The first kappa shape index (κ1) is 13.9. The second-order valence-electron chi connectivity index (χ2n) is 4.39. The SMILES string of the molecule is CCN1C(=O)C(C)Oc2ccc(C(=O)NC(=N)N)cc21. The Morgan fingerprint density at radius 2 is 2.25 bits per heavy atom. The van der Waals surface area contributed by atoms with Crippen molar-refractivity contribution in [2.75, 3.05) is 11.4 Å². The maximum atomic E-state index is 12.0. The number of benzene rings is 1. The number of hydrogen-bond acceptors (Lipinski definition) is 4. The number of fused-ring (bicyclic) bond motifs is 1. The molecule has 1 aromatic rings. The van der Waals surface area contributed by atoms with Crippen LogP contribution in [0.25, 0.3) is 0 Å².